The summed E-state index contributed by atoms with van der Waals surface area (Å²) < 4.78 is 18.4. The van der Waals surface area contributed by atoms with Gasteiger partial charge in [-0.15, -0.1) is 0 Å². The highest BCUT2D eigenvalue weighted by atomic mass is 19.1. The van der Waals surface area contributed by atoms with E-state index in [4.69, 9.17) is 10.5 Å². The molecule has 1 saturated heterocycles. The number of ether oxygens (including phenoxy) is 1. The van der Waals surface area contributed by atoms with Crippen LogP contribution in [0.2, 0.25) is 0 Å². The third-order valence-corrected chi connectivity index (χ3v) is 3.14. The highest BCUT2D eigenvalue weighted by Crippen LogP contribution is 2.10. The van der Waals surface area contributed by atoms with Gasteiger partial charge in [-0.1, -0.05) is 0 Å². The second-order valence-corrected chi connectivity index (χ2v) is 4.87. The Balaban J connectivity index is 1.91. The van der Waals surface area contributed by atoms with Crippen molar-refractivity contribution in [2.24, 2.45) is 0 Å². The fourth-order valence-electron chi connectivity index (χ4n) is 2.15. The SMILES string of the molecule is CC(CN1CCOCC1)NC(=O)c1cc(F)cnc1N. The van der Waals surface area contributed by atoms with E-state index in [1.54, 1.807) is 0 Å². The van der Waals surface area contributed by atoms with Gasteiger partial charge in [-0.25, -0.2) is 9.37 Å². The van der Waals surface area contributed by atoms with E-state index in [-0.39, 0.29) is 17.4 Å². The summed E-state index contributed by atoms with van der Waals surface area (Å²) in [6, 6.07) is 1.03. The Bertz CT molecular complexity index is 477. The number of amides is 1. The van der Waals surface area contributed by atoms with Gasteiger partial charge < -0.3 is 15.8 Å². The Hall–Kier alpha value is -1.73. The average Bonchev–Trinajstić information content (AvgIpc) is 2.42. The van der Waals surface area contributed by atoms with Crippen molar-refractivity contribution < 1.29 is 13.9 Å². The minimum atomic E-state index is -0.579. The Morgan fingerprint density at radius 2 is 2.30 bits per heavy atom. The molecule has 1 aromatic rings. The predicted octanol–water partition coefficient (Wildman–Crippen LogP) is 0.253. The molecule has 1 aromatic heterocycles. The summed E-state index contributed by atoms with van der Waals surface area (Å²) in [6.07, 6.45) is 0.989. The Labute approximate surface area is 117 Å². The molecule has 2 heterocycles. The molecule has 1 amide bonds. The Kier molecular flexibility index (Phi) is 4.86. The number of carbonyl (C=O) groups excluding carboxylic acids is 1. The maximum Gasteiger partial charge on any atom is 0.255 e. The van der Waals surface area contributed by atoms with E-state index in [1.807, 2.05) is 6.92 Å². The number of rotatable bonds is 4. The molecule has 2 rings (SSSR count). The Morgan fingerprint density at radius 3 is 3.00 bits per heavy atom. The van der Waals surface area contributed by atoms with Gasteiger partial charge in [0.1, 0.15) is 11.6 Å². The summed E-state index contributed by atoms with van der Waals surface area (Å²) in [4.78, 5) is 17.9. The zero-order valence-electron chi connectivity index (χ0n) is 11.4. The molecule has 1 atom stereocenters. The smallest absolute Gasteiger partial charge is 0.255 e. The van der Waals surface area contributed by atoms with Crippen molar-refractivity contribution in [3.63, 3.8) is 0 Å². The van der Waals surface area contributed by atoms with E-state index in [0.717, 1.165) is 31.9 Å². The van der Waals surface area contributed by atoms with Crippen LogP contribution in [0, 0.1) is 5.82 Å². The van der Waals surface area contributed by atoms with Crippen molar-refractivity contribution in [3.05, 3.63) is 23.6 Å². The summed E-state index contributed by atoms with van der Waals surface area (Å²) >= 11 is 0. The highest BCUT2D eigenvalue weighted by Gasteiger charge is 2.18. The first-order chi connectivity index (χ1) is 9.56. The maximum absolute atomic E-state index is 13.1. The molecule has 0 aliphatic carbocycles. The van der Waals surface area contributed by atoms with E-state index in [2.05, 4.69) is 15.2 Å². The van der Waals surface area contributed by atoms with Gasteiger partial charge >= 0.3 is 0 Å². The number of carbonyl (C=O) groups is 1. The van der Waals surface area contributed by atoms with Crippen molar-refractivity contribution in [2.45, 2.75) is 13.0 Å². The average molecular weight is 282 g/mol. The molecule has 3 N–H and O–H groups in total. The first-order valence-corrected chi connectivity index (χ1v) is 6.58. The number of morpholine rings is 1. The molecule has 0 saturated carbocycles. The van der Waals surface area contributed by atoms with Gasteiger partial charge in [0.25, 0.3) is 5.91 Å². The highest BCUT2D eigenvalue weighted by molar-refractivity contribution is 5.98. The van der Waals surface area contributed by atoms with Crippen molar-refractivity contribution >= 4 is 11.7 Å². The van der Waals surface area contributed by atoms with Crippen LogP contribution < -0.4 is 11.1 Å². The summed E-state index contributed by atoms with van der Waals surface area (Å²) in [5, 5.41) is 2.80. The number of nitrogens with one attached hydrogen (secondary N) is 1. The first-order valence-electron chi connectivity index (χ1n) is 6.58. The van der Waals surface area contributed by atoms with Crippen LogP contribution in [0.3, 0.4) is 0 Å². The van der Waals surface area contributed by atoms with Crippen molar-refractivity contribution in [1.82, 2.24) is 15.2 Å². The van der Waals surface area contributed by atoms with Gasteiger partial charge in [-0.2, -0.15) is 0 Å². The number of nitrogens with zero attached hydrogens (tertiary/aromatic N) is 2. The van der Waals surface area contributed by atoms with Gasteiger partial charge in [0.15, 0.2) is 0 Å². The summed E-state index contributed by atoms with van der Waals surface area (Å²) in [7, 11) is 0. The van der Waals surface area contributed by atoms with Gasteiger partial charge in [-0.05, 0) is 13.0 Å². The number of halogens is 1. The maximum atomic E-state index is 13.1. The normalized spacial score (nSPS) is 17.7. The topological polar surface area (TPSA) is 80.5 Å². The third kappa shape index (κ3) is 3.88. The zero-order valence-corrected chi connectivity index (χ0v) is 11.4. The van der Waals surface area contributed by atoms with Crippen molar-refractivity contribution in [2.75, 3.05) is 38.6 Å². The van der Waals surface area contributed by atoms with Gasteiger partial charge in [-0.3, -0.25) is 9.69 Å². The molecule has 1 fully saturated rings. The number of aromatic nitrogens is 1. The predicted molar refractivity (Wildman–Crippen MR) is 72.8 cm³/mol. The second-order valence-electron chi connectivity index (χ2n) is 4.87. The number of hydrogen-bond donors (Lipinski definition) is 2. The van der Waals surface area contributed by atoms with Crippen LogP contribution in [0.15, 0.2) is 12.3 Å². The van der Waals surface area contributed by atoms with Crippen LogP contribution in [-0.2, 0) is 4.74 Å². The van der Waals surface area contributed by atoms with Crippen LogP contribution in [0.1, 0.15) is 17.3 Å². The zero-order chi connectivity index (χ0) is 14.5. The van der Waals surface area contributed by atoms with Gasteiger partial charge in [0.05, 0.1) is 25.0 Å². The molecule has 6 nitrogen and oxygen atoms in total. The van der Waals surface area contributed by atoms with Crippen molar-refractivity contribution in [1.29, 1.82) is 0 Å². The molecule has 1 aliphatic heterocycles. The van der Waals surface area contributed by atoms with E-state index >= 15 is 0 Å². The Morgan fingerprint density at radius 1 is 1.60 bits per heavy atom. The lowest BCUT2D eigenvalue weighted by atomic mass is 10.2. The fraction of sp³-hybridized carbons (Fsp3) is 0.538. The number of anilines is 1. The number of hydrogen-bond acceptors (Lipinski definition) is 5. The van der Waals surface area contributed by atoms with E-state index in [1.165, 1.54) is 0 Å². The lowest BCUT2D eigenvalue weighted by Crippen LogP contribution is -2.46. The van der Waals surface area contributed by atoms with Crippen LogP contribution in [0.25, 0.3) is 0 Å². The minimum absolute atomic E-state index is 0.0301. The largest absolute Gasteiger partial charge is 0.383 e. The second kappa shape index (κ2) is 6.62. The standard InChI is InChI=1S/C13H19FN4O2/c1-9(8-18-2-4-20-5-3-18)17-13(19)11-6-10(14)7-16-12(11)15/h6-7,9H,2-5,8H2,1H3,(H2,15,16)(H,17,19). The number of nitrogen functional groups attached to an aromatic ring is 1. The summed E-state index contributed by atoms with van der Waals surface area (Å²) in [5.74, 6) is -0.956. The van der Waals surface area contributed by atoms with Crippen molar-refractivity contribution in [3.8, 4) is 0 Å². The molecule has 7 heteroatoms. The van der Waals surface area contributed by atoms with E-state index < -0.39 is 11.7 Å². The van der Waals surface area contributed by atoms with Crippen LogP contribution >= 0.6 is 0 Å². The molecule has 0 spiro atoms. The molecule has 0 radical (unpaired) electrons. The van der Waals surface area contributed by atoms with E-state index in [9.17, 15) is 9.18 Å². The van der Waals surface area contributed by atoms with Gasteiger partial charge in [0, 0.05) is 25.7 Å². The molecular weight excluding hydrogens is 263 g/mol. The summed E-state index contributed by atoms with van der Waals surface area (Å²) in [5.41, 5.74) is 5.65. The van der Waals surface area contributed by atoms with Crippen LogP contribution in [0.4, 0.5) is 10.2 Å². The molecule has 0 aromatic carbocycles. The molecule has 0 bridgehead atoms. The van der Waals surface area contributed by atoms with Crippen LogP contribution in [0.5, 0.6) is 0 Å². The number of pyridine rings is 1. The van der Waals surface area contributed by atoms with Crippen LogP contribution in [-0.4, -0.2) is 54.7 Å². The first kappa shape index (κ1) is 14.7. The lowest BCUT2D eigenvalue weighted by Gasteiger charge is -2.29. The minimum Gasteiger partial charge on any atom is -0.383 e. The van der Waals surface area contributed by atoms with Gasteiger partial charge in [0.2, 0.25) is 0 Å². The number of nitrogens with two attached hydrogens (primary N) is 1. The third-order valence-electron chi connectivity index (χ3n) is 3.14. The molecule has 20 heavy (non-hydrogen) atoms. The molecular formula is C13H19FN4O2. The molecule has 1 aliphatic rings. The lowest BCUT2D eigenvalue weighted by molar-refractivity contribution is 0.0342. The molecule has 110 valence electrons. The quantitative estimate of drug-likeness (QED) is 0.827. The summed E-state index contributed by atoms with van der Waals surface area (Å²) in [6.45, 7) is 5.74. The van der Waals surface area contributed by atoms with E-state index in [0.29, 0.717) is 13.2 Å². The monoisotopic (exact) mass is 282 g/mol. The molecule has 1 unspecified atom stereocenters. The fourth-order valence-corrected chi connectivity index (χ4v) is 2.15.